The molecule has 0 saturated carbocycles. The Morgan fingerprint density at radius 2 is 1.44 bits per heavy atom. The molecular formula is C29H34O2Si. The third-order valence-corrected chi connectivity index (χ3v) is 10.6. The smallest absolute Gasteiger partial charge is 0.250 e. The van der Waals surface area contributed by atoms with Gasteiger partial charge in [0.2, 0.25) is 8.32 Å². The van der Waals surface area contributed by atoms with Gasteiger partial charge in [-0.3, -0.25) is 4.79 Å². The van der Waals surface area contributed by atoms with Crippen LogP contribution in [-0.4, -0.2) is 14.1 Å². The van der Waals surface area contributed by atoms with Crippen LogP contribution < -0.4 is 4.43 Å². The van der Waals surface area contributed by atoms with Crippen LogP contribution in [0.25, 0.3) is 5.57 Å². The molecule has 0 amide bonds. The fraction of sp³-hybridized carbons (Fsp3) is 0.276. The maximum atomic E-state index is 13.0. The van der Waals surface area contributed by atoms with Gasteiger partial charge in [-0.25, -0.2) is 0 Å². The van der Waals surface area contributed by atoms with Crippen molar-refractivity contribution in [3.63, 3.8) is 0 Å². The Hall–Kier alpha value is -2.91. The summed E-state index contributed by atoms with van der Waals surface area (Å²) < 4.78 is 6.54. The number of rotatable bonds is 8. The third kappa shape index (κ3) is 6.30. The average Bonchev–Trinajstić information content (AvgIpc) is 2.77. The average molecular weight is 443 g/mol. The molecule has 0 saturated heterocycles. The summed E-state index contributed by atoms with van der Waals surface area (Å²) in [6.07, 6.45) is 3.46. The van der Waals surface area contributed by atoms with Gasteiger partial charge < -0.3 is 4.43 Å². The Morgan fingerprint density at radius 1 is 0.844 bits per heavy atom. The molecule has 0 aliphatic carbocycles. The standard InChI is InChI=1S/C29H34O2Si/c1-29(2,3)32(4,5)31-27-18-12-17-25(21-27)26(20-19-23-13-8-6-9-14-23)22-28(30)24-15-10-7-11-16-24/h6-18,21-22H,19-20H2,1-5H3/b26-22+. The summed E-state index contributed by atoms with van der Waals surface area (Å²) in [7, 11) is -1.95. The summed E-state index contributed by atoms with van der Waals surface area (Å²) in [6, 6.07) is 28.1. The molecule has 2 nitrogen and oxygen atoms in total. The van der Waals surface area contributed by atoms with Gasteiger partial charge in [-0.2, -0.15) is 0 Å². The quantitative estimate of drug-likeness (QED) is 0.201. The fourth-order valence-corrected chi connectivity index (χ4v) is 4.30. The molecule has 0 unspecified atom stereocenters. The van der Waals surface area contributed by atoms with Gasteiger partial charge in [-0.05, 0) is 65.9 Å². The molecule has 3 aromatic rings. The molecule has 166 valence electrons. The molecule has 3 heteroatoms. The van der Waals surface area contributed by atoms with E-state index in [1.165, 1.54) is 5.56 Å². The monoisotopic (exact) mass is 442 g/mol. The lowest BCUT2D eigenvalue weighted by Gasteiger charge is -2.36. The minimum Gasteiger partial charge on any atom is -0.543 e. The van der Waals surface area contributed by atoms with E-state index < -0.39 is 8.32 Å². The van der Waals surface area contributed by atoms with Crippen LogP contribution in [-0.2, 0) is 6.42 Å². The van der Waals surface area contributed by atoms with E-state index in [0.29, 0.717) is 5.56 Å². The summed E-state index contributed by atoms with van der Waals surface area (Å²) in [5.74, 6) is 0.913. The van der Waals surface area contributed by atoms with Crippen LogP contribution in [0.5, 0.6) is 5.75 Å². The van der Waals surface area contributed by atoms with Crippen molar-refractivity contribution in [3.8, 4) is 5.75 Å². The van der Waals surface area contributed by atoms with Crippen LogP contribution in [0.2, 0.25) is 18.1 Å². The van der Waals surface area contributed by atoms with Crippen molar-refractivity contribution >= 4 is 19.7 Å². The molecule has 32 heavy (non-hydrogen) atoms. The zero-order chi connectivity index (χ0) is 23.2. The highest BCUT2D eigenvalue weighted by molar-refractivity contribution is 6.74. The lowest BCUT2D eigenvalue weighted by atomic mass is 9.96. The lowest BCUT2D eigenvalue weighted by Crippen LogP contribution is -2.43. The maximum absolute atomic E-state index is 13.0. The summed E-state index contributed by atoms with van der Waals surface area (Å²) in [4.78, 5) is 13.0. The number of aryl methyl sites for hydroxylation is 1. The first-order valence-corrected chi connectivity index (χ1v) is 14.2. The summed E-state index contributed by atoms with van der Waals surface area (Å²) >= 11 is 0. The van der Waals surface area contributed by atoms with Crippen LogP contribution in [0.1, 0.15) is 48.7 Å². The highest BCUT2D eigenvalue weighted by Gasteiger charge is 2.39. The van der Waals surface area contributed by atoms with Crippen LogP contribution >= 0.6 is 0 Å². The zero-order valence-electron chi connectivity index (χ0n) is 19.9. The molecule has 0 aromatic heterocycles. The predicted octanol–water partition coefficient (Wildman–Crippen LogP) is 7.97. The van der Waals surface area contributed by atoms with Gasteiger partial charge in [0, 0.05) is 5.56 Å². The minimum atomic E-state index is -1.95. The lowest BCUT2D eigenvalue weighted by molar-refractivity contribution is 0.104. The Kier molecular flexibility index (Phi) is 7.52. The van der Waals surface area contributed by atoms with Crippen LogP contribution in [0.4, 0.5) is 0 Å². The van der Waals surface area contributed by atoms with E-state index in [9.17, 15) is 4.79 Å². The van der Waals surface area contributed by atoms with E-state index in [4.69, 9.17) is 4.43 Å². The van der Waals surface area contributed by atoms with E-state index >= 15 is 0 Å². The summed E-state index contributed by atoms with van der Waals surface area (Å²) in [5.41, 5.74) is 4.04. The second-order valence-corrected chi connectivity index (χ2v) is 14.5. The Bertz CT molecular complexity index is 1060. The molecule has 3 aromatic carbocycles. The Balaban J connectivity index is 1.92. The number of hydrogen-bond donors (Lipinski definition) is 0. The van der Waals surface area contributed by atoms with Gasteiger partial charge in [-0.15, -0.1) is 0 Å². The van der Waals surface area contributed by atoms with Crippen LogP contribution in [0.3, 0.4) is 0 Å². The second-order valence-electron chi connectivity index (χ2n) is 9.78. The number of hydrogen-bond acceptors (Lipinski definition) is 2. The Labute approximate surface area is 194 Å². The second kappa shape index (κ2) is 10.1. The van der Waals surface area contributed by atoms with Crippen molar-refractivity contribution < 1.29 is 9.22 Å². The molecule has 3 rings (SSSR count). The maximum Gasteiger partial charge on any atom is 0.250 e. The molecule has 0 aliphatic rings. The van der Waals surface area contributed by atoms with E-state index in [1.54, 1.807) is 6.08 Å². The topological polar surface area (TPSA) is 26.3 Å². The molecule has 0 fully saturated rings. The van der Waals surface area contributed by atoms with Crippen molar-refractivity contribution in [3.05, 3.63) is 108 Å². The first-order chi connectivity index (χ1) is 15.2. The summed E-state index contributed by atoms with van der Waals surface area (Å²) in [6.45, 7) is 11.2. The van der Waals surface area contributed by atoms with Crippen molar-refractivity contribution in [2.45, 2.75) is 51.7 Å². The number of benzene rings is 3. The largest absolute Gasteiger partial charge is 0.543 e. The number of carbonyl (C=O) groups excluding carboxylic acids is 1. The molecule has 0 aliphatic heterocycles. The molecule has 0 spiro atoms. The van der Waals surface area contributed by atoms with E-state index in [2.05, 4.69) is 70.3 Å². The molecule has 0 bridgehead atoms. The SMILES string of the molecule is CC(C)(C)[Si](C)(C)Oc1cccc(/C(=C/C(=O)c2ccccc2)CCc2ccccc2)c1. The van der Waals surface area contributed by atoms with Crippen LogP contribution in [0, 0.1) is 0 Å². The molecule has 0 radical (unpaired) electrons. The van der Waals surface area contributed by atoms with Gasteiger partial charge in [0.25, 0.3) is 0 Å². The highest BCUT2D eigenvalue weighted by Crippen LogP contribution is 2.38. The van der Waals surface area contributed by atoms with Crippen molar-refractivity contribution in [2.75, 3.05) is 0 Å². The molecule has 0 N–H and O–H groups in total. The van der Waals surface area contributed by atoms with E-state index in [-0.39, 0.29) is 10.8 Å². The number of allylic oxidation sites excluding steroid dienone is 2. The molecular weight excluding hydrogens is 408 g/mol. The van der Waals surface area contributed by atoms with Gasteiger partial charge in [0.1, 0.15) is 5.75 Å². The minimum absolute atomic E-state index is 0.0318. The zero-order valence-corrected chi connectivity index (χ0v) is 20.9. The highest BCUT2D eigenvalue weighted by atomic mass is 28.4. The van der Waals surface area contributed by atoms with Gasteiger partial charge in [0.15, 0.2) is 5.78 Å². The van der Waals surface area contributed by atoms with Crippen molar-refractivity contribution in [1.29, 1.82) is 0 Å². The van der Waals surface area contributed by atoms with E-state index in [0.717, 1.165) is 29.7 Å². The molecule has 0 heterocycles. The van der Waals surface area contributed by atoms with E-state index in [1.807, 2.05) is 48.5 Å². The molecule has 0 atom stereocenters. The number of ketones is 1. The van der Waals surface area contributed by atoms with Crippen molar-refractivity contribution in [1.82, 2.24) is 0 Å². The third-order valence-electron chi connectivity index (χ3n) is 6.27. The van der Waals surface area contributed by atoms with Gasteiger partial charge in [0.05, 0.1) is 0 Å². The van der Waals surface area contributed by atoms with Gasteiger partial charge in [-0.1, -0.05) is 93.6 Å². The van der Waals surface area contributed by atoms with Crippen molar-refractivity contribution in [2.24, 2.45) is 0 Å². The Morgan fingerprint density at radius 3 is 2.06 bits per heavy atom. The van der Waals surface area contributed by atoms with Gasteiger partial charge >= 0.3 is 0 Å². The van der Waals surface area contributed by atoms with Crippen LogP contribution in [0.15, 0.2) is 91.0 Å². The number of carbonyl (C=O) groups is 1. The predicted molar refractivity (Wildman–Crippen MR) is 138 cm³/mol. The summed E-state index contributed by atoms with van der Waals surface area (Å²) in [5, 5.41) is 0.123. The fourth-order valence-electron chi connectivity index (χ4n) is 3.27. The normalized spacial score (nSPS) is 12.5. The first kappa shape index (κ1) is 23.7. The first-order valence-electron chi connectivity index (χ1n) is 11.3.